The van der Waals surface area contributed by atoms with E-state index in [1.807, 2.05) is 6.07 Å². The zero-order valence-electron chi connectivity index (χ0n) is 9.83. The Kier molecular flexibility index (Phi) is 3.10. The molecule has 0 aliphatic rings. The first kappa shape index (κ1) is 11.3. The quantitative estimate of drug-likeness (QED) is 0.890. The summed E-state index contributed by atoms with van der Waals surface area (Å²) in [5, 5.41) is 0.731. The summed E-state index contributed by atoms with van der Waals surface area (Å²) in [7, 11) is 0. The number of thiophene rings is 1. The van der Waals surface area contributed by atoms with E-state index in [-0.39, 0.29) is 5.56 Å². The van der Waals surface area contributed by atoms with E-state index in [0.29, 0.717) is 5.92 Å². The van der Waals surface area contributed by atoms with Crippen molar-refractivity contribution in [2.75, 3.05) is 0 Å². The Morgan fingerprint density at radius 3 is 2.88 bits per heavy atom. The fraction of sp³-hybridized carbons (Fsp3) is 0.500. The minimum Gasteiger partial charge on any atom is -0.310 e. The smallest absolute Gasteiger partial charge is 0.259 e. The van der Waals surface area contributed by atoms with Crippen LogP contribution < -0.4 is 5.56 Å². The summed E-state index contributed by atoms with van der Waals surface area (Å²) in [5.74, 6) is 1.31. The van der Waals surface area contributed by atoms with Crippen molar-refractivity contribution < 1.29 is 0 Å². The van der Waals surface area contributed by atoms with Crippen LogP contribution >= 0.6 is 11.3 Å². The maximum Gasteiger partial charge on any atom is 0.259 e. The predicted molar refractivity (Wildman–Crippen MR) is 68.2 cm³/mol. The van der Waals surface area contributed by atoms with Crippen LogP contribution in [0.2, 0.25) is 0 Å². The van der Waals surface area contributed by atoms with Crippen LogP contribution in [0.3, 0.4) is 0 Å². The molecule has 2 rings (SSSR count). The first-order valence-corrected chi connectivity index (χ1v) is 6.43. The molecule has 2 heterocycles. The summed E-state index contributed by atoms with van der Waals surface area (Å²) in [4.78, 5) is 21.3. The lowest BCUT2D eigenvalue weighted by atomic mass is 10.1. The predicted octanol–water partition coefficient (Wildman–Crippen LogP) is 2.75. The summed E-state index contributed by atoms with van der Waals surface area (Å²) >= 11 is 1.62. The molecule has 0 atom stereocenters. The molecule has 0 saturated carbocycles. The van der Waals surface area contributed by atoms with E-state index in [4.69, 9.17) is 0 Å². The van der Waals surface area contributed by atoms with Crippen molar-refractivity contribution in [1.29, 1.82) is 0 Å². The highest BCUT2D eigenvalue weighted by atomic mass is 32.1. The van der Waals surface area contributed by atoms with Gasteiger partial charge in [0.05, 0.1) is 5.39 Å². The van der Waals surface area contributed by atoms with Gasteiger partial charge in [-0.1, -0.05) is 20.8 Å². The molecule has 2 aromatic rings. The summed E-state index contributed by atoms with van der Waals surface area (Å²) < 4.78 is 0. The molecule has 0 radical (unpaired) electrons. The van der Waals surface area contributed by atoms with E-state index in [1.54, 1.807) is 11.3 Å². The Morgan fingerprint density at radius 2 is 2.25 bits per heavy atom. The molecule has 0 aliphatic carbocycles. The molecule has 0 bridgehead atoms. The second-order valence-corrected chi connectivity index (χ2v) is 5.51. The highest BCUT2D eigenvalue weighted by Gasteiger charge is 2.08. The van der Waals surface area contributed by atoms with Gasteiger partial charge in [0.15, 0.2) is 0 Å². The molecule has 4 heteroatoms. The number of fused-ring (bicyclic) bond motifs is 1. The minimum absolute atomic E-state index is 0.00315. The Morgan fingerprint density at radius 1 is 1.50 bits per heavy atom. The van der Waals surface area contributed by atoms with Gasteiger partial charge in [0.2, 0.25) is 0 Å². The van der Waals surface area contributed by atoms with E-state index >= 15 is 0 Å². The normalized spacial score (nSPS) is 11.5. The molecule has 3 nitrogen and oxygen atoms in total. The van der Waals surface area contributed by atoms with Gasteiger partial charge >= 0.3 is 0 Å². The lowest BCUT2D eigenvalue weighted by molar-refractivity contribution is 0.621. The Hall–Kier alpha value is -1.16. The maximum absolute atomic E-state index is 11.8. The van der Waals surface area contributed by atoms with Gasteiger partial charge in [0.25, 0.3) is 5.56 Å². The number of nitrogens with zero attached hydrogens (tertiary/aromatic N) is 1. The van der Waals surface area contributed by atoms with E-state index in [0.717, 1.165) is 28.9 Å². The Bertz CT molecular complexity index is 554. The first-order chi connectivity index (χ1) is 7.60. The van der Waals surface area contributed by atoms with Crippen molar-refractivity contribution in [1.82, 2.24) is 9.97 Å². The van der Waals surface area contributed by atoms with E-state index in [1.165, 1.54) is 4.88 Å². The molecular formula is C12H16N2OS. The summed E-state index contributed by atoms with van der Waals surface area (Å²) in [6.45, 7) is 6.33. The largest absolute Gasteiger partial charge is 0.310 e. The second-order valence-electron chi connectivity index (χ2n) is 4.40. The molecule has 86 valence electrons. The average molecular weight is 236 g/mol. The van der Waals surface area contributed by atoms with Crippen molar-refractivity contribution in [3.05, 3.63) is 27.1 Å². The topological polar surface area (TPSA) is 45.8 Å². The minimum atomic E-state index is -0.00315. The lowest BCUT2D eigenvalue weighted by Gasteiger charge is -2.02. The number of hydrogen-bond acceptors (Lipinski definition) is 3. The van der Waals surface area contributed by atoms with Crippen molar-refractivity contribution in [2.45, 2.75) is 33.6 Å². The number of hydrogen-bond donors (Lipinski definition) is 1. The van der Waals surface area contributed by atoms with Gasteiger partial charge in [-0.3, -0.25) is 4.79 Å². The molecule has 2 aromatic heterocycles. The SMILES string of the molecule is CCc1cc2c(=O)[nH]c(CC(C)C)nc2s1. The van der Waals surface area contributed by atoms with Gasteiger partial charge in [0.1, 0.15) is 10.7 Å². The molecule has 0 spiro atoms. The molecule has 0 saturated heterocycles. The number of nitrogens with one attached hydrogen (secondary N) is 1. The molecule has 16 heavy (non-hydrogen) atoms. The van der Waals surface area contributed by atoms with E-state index in [9.17, 15) is 4.79 Å². The number of aryl methyl sites for hydroxylation is 1. The van der Waals surface area contributed by atoms with Crippen LogP contribution in [0.1, 0.15) is 31.5 Å². The zero-order valence-corrected chi connectivity index (χ0v) is 10.6. The molecular weight excluding hydrogens is 220 g/mol. The summed E-state index contributed by atoms with van der Waals surface area (Å²) in [5.41, 5.74) is -0.00315. The van der Waals surface area contributed by atoms with Crippen molar-refractivity contribution in [3.63, 3.8) is 0 Å². The van der Waals surface area contributed by atoms with E-state index < -0.39 is 0 Å². The third-order valence-corrected chi connectivity index (χ3v) is 3.63. The summed E-state index contributed by atoms with van der Waals surface area (Å²) in [6, 6.07) is 1.95. The van der Waals surface area contributed by atoms with Crippen LogP contribution in [0.25, 0.3) is 10.2 Å². The van der Waals surface area contributed by atoms with Crippen LogP contribution in [0.5, 0.6) is 0 Å². The molecule has 0 unspecified atom stereocenters. The lowest BCUT2D eigenvalue weighted by Crippen LogP contribution is -2.12. The fourth-order valence-electron chi connectivity index (χ4n) is 1.68. The summed E-state index contributed by atoms with van der Waals surface area (Å²) in [6.07, 6.45) is 1.78. The molecule has 0 aromatic carbocycles. The number of aromatic nitrogens is 2. The van der Waals surface area contributed by atoms with Crippen LogP contribution in [0.15, 0.2) is 10.9 Å². The second kappa shape index (κ2) is 4.37. The molecule has 1 N–H and O–H groups in total. The monoisotopic (exact) mass is 236 g/mol. The molecule has 0 amide bonds. The number of H-pyrrole nitrogens is 1. The zero-order chi connectivity index (χ0) is 11.7. The van der Waals surface area contributed by atoms with Crippen LogP contribution in [-0.4, -0.2) is 9.97 Å². The van der Waals surface area contributed by atoms with Crippen molar-refractivity contribution >= 4 is 21.6 Å². The highest BCUT2D eigenvalue weighted by molar-refractivity contribution is 7.18. The van der Waals surface area contributed by atoms with Gasteiger partial charge in [-0.05, 0) is 18.4 Å². The first-order valence-electron chi connectivity index (χ1n) is 5.61. The van der Waals surface area contributed by atoms with Crippen LogP contribution in [0, 0.1) is 5.92 Å². The third kappa shape index (κ3) is 2.16. The molecule has 0 fully saturated rings. The number of aromatic amines is 1. The van der Waals surface area contributed by atoms with Crippen molar-refractivity contribution in [3.8, 4) is 0 Å². The van der Waals surface area contributed by atoms with Crippen molar-refractivity contribution in [2.24, 2.45) is 5.92 Å². The van der Waals surface area contributed by atoms with Gasteiger partial charge in [0, 0.05) is 11.3 Å². The average Bonchev–Trinajstić information content (AvgIpc) is 2.60. The maximum atomic E-state index is 11.8. The van der Waals surface area contributed by atoms with Crippen LogP contribution in [-0.2, 0) is 12.8 Å². The van der Waals surface area contributed by atoms with Gasteiger partial charge in [-0.2, -0.15) is 0 Å². The standard InChI is InChI=1S/C12H16N2OS/c1-4-8-6-9-11(15)13-10(5-7(2)3)14-12(9)16-8/h6-7H,4-5H2,1-3H3,(H,13,14,15). The Balaban J connectivity index is 2.53. The third-order valence-electron chi connectivity index (χ3n) is 2.45. The van der Waals surface area contributed by atoms with E-state index in [2.05, 4.69) is 30.7 Å². The van der Waals surface area contributed by atoms with Gasteiger partial charge < -0.3 is 4.98 Å². The number of rotatable bonds is 3. The van der Waals surface area contributed by atoms with Crippen LogP contribution in [0.4, 0.5) is 0 Å². The Labute approximate surface area is 98.5 Å². The van der Waals surface area contributed by atoms with Gasteiger partial charge in [-0.15, -0.1) is 11.3 Å². The molecule has 0 aliphatic heterocycles. The highest BCUT2D eigenvalue weighted by Crippen LogP contribution is 2.21. The fourth-order valence-corrected chi connectivity index (χ4v) is 2.67. The van der Waals surface area contributed by atoms with Gasteiger partial charge in [-0.25, -0.2) is 4.98 Å².